The summed E-state index contributed by atoms with van der Waals surface area (Å²) >= 11 is 0. The number of pyridine rings is 1. The van der Waals surface area contributed by atoms with E-state index in [1.54, 1.807) is 19.1 Å². The molecule has 0 radical (unpaired) electrons. The van der Waals surface area contributed by atoms with Gasteiger partial charge in [-0.15, -0.1) is 0 Å². The molecule has 7 nitrogen and oxygen atoms in total. The van der Waals surface area contributed by atoms with E-state index in [1.165, 1.54) is 0 Å². The monoisotopic (exact) mass is 267 g/mol. The smallest absolute Gasteiger partial charge is 0.326 e. The van der Waals surface area contributed by atoms with Crippen molar-refractivity contribution in [1.29, 1.82) is 0 Å². The van der Waals surface area contributed by atoms with Crippen LogP contribution in [0.3, 0.4) is 0 Å². The van der Waals surface area contributed by atoms with Crippen LogP contribution in [-0.4, -0.2) is 39.8 Å². The Morgan fingerprint density at radius 3 is 2.58 bits per heavy atom. The van der Waals surface area contributed by atoms with Crippen LogP contribution in [0.4, 0.5) is 10.5 Å². The minimum Gasteiger partial charge on any atom is -0.480 e. The first-order chi connectivity index (χ1) is 8.93. The largest absolute Gasteiger partial charge is 0.480 e. The molecule has 0 aliphatic rings. The Labute approximate surface area is 110 Å². The van der Waals surface area contributed by atoms with Crippen LogP contribution in [0.25, 0.3) is 0 Å². The fraction of sp³-hybridized carbons (Fsp3) is 0.417. The minimum atomic E-state index is -1.19. The lowest BCUT2D eigenvalue weighted by Crippen LogP contribution is -2.43. The predicted octanol–water partition coefficient (Wildman–Crippen LogP) is 0.656. The Kier molecular flexibility index (Phi) is 5.25. The molecule has 1 aromatic rings. The third kappa shape index (κ3) is 4.55. The average molecular weight is 267 g/mol. The molecule has 104 valence electrons. The van der Waals surface area contributed by atoms with Gasteiger partial charge in [-0.2, -0.15) is 0 Å². The first-order valence-corrected chi connectivity index (χ1v) is 5.79. The van der Waals surface area contributed by atoms with Crippen LogP contribution < -0.4 is 10.6 Å². The van der Waals surface area contributed by atoms with Crippen LogP contribution in [0, 0.1) is 13.8 Å². The number of aromatic nitrogens is 1. The highest BCUT2D eigenvalue weighted by atomic mass is 16.4. The number of aliphatic hydroxyl groups is 1. The molecule has 1 rings (SSSR count). The molecule has 0 unspecified atom stereocenters. The second-order valence-corrected chi connectivity index (χ2v) is 4.09. The lowest BCUT2D eigenvalue weighted by atomic mass is 10.2. The highest BCUT2D eigenvalue weighted by Crippen LogP contribution is 2.12. The van der Waals surface area contributed by atoms with E-state index < -0.39 is 18.0 Å². The van der Waals surface area contributed by atoms with E-state index in [0.717, 1.165) is 5.69 Å². The minimum absolute atomic E-state index is 0.0477. The van der Waals surface area contributed by atoms with Crippen molar-refractivity contribution in [2.24, 2.45) is 0 Å². The Morgan fingerprint density at radius 2 is 2.05 bits per heavy atom. The van der Waals surface area contributed by atoms with Gasteiger partial charge in [0.25, 0.3) is 0 Å². The van der Waals surface area contributed by atoms with Gasteiger partial charge in [-0.25, -0.2) is 9.59 Å². The third-order valence-corrected chi connectivity index (χ3v) is 2.49. The number of nitrogens with one attached hydrogen (secondary N) is 2. The number of anilines is 1. The molecule has 1 aromatic heterocycles. The van der Waals surface area contributed by atoms with Gasteiger partial charge in [0, 0.05) is 18.7 Å². The van der Waals surface area contributed by atoms with E-state index in [1.807, 2.05) is 6.92 Å². The number of carboxylic acids is 1. The van der Waals surface area contributed by atoms with Crippen LogP contribution in [-0.2, 0) is 4.79 Å². The van der Waals surface area contributed by atoms with Gasteiger partial charge in [0.1, 0.15) is 6.04 Å². The summed E-state index contributed by atoms with van der Waals surface area (Å²) in [5, 5.41) is 22.4. The summed E-state index contributed by atoms with van der Waals surface area (Å²) < 4.78 is 0. The maximum Gasteiger partial charge on any atom is 0.326 e. The molecule has 0 spiro atoms. The Balaban J connectivity index is 2.66. The normalized spacial score (nSPS) is 11.7. The number of carboxylic acid groups (broad SMARTS) is 1. The summed E-state index contributed by atoms with van der Waals surface area (Å²) in [6, 6.07) is 1.67. The van der Waals surface area contributed by atoms with E-state index in [-0.39, 0.29) is 13.0 Å². The van der Waals surface area contributed by atoms with E-state index in [0.29, 0.717) is 11.4 Å². The van der Waals surface area contributed by atoms with E-state index >= 15 is 0 Å². The molecule has 0 aromatic carbocycles. The second kappa shape index (κ2) is 6.69. The van der Waals surface area contributed by atoms with Crippen LogP contribution in [0.2, 0.25) is 0 Å². The number of rotatable bonds is 5. The highest BCUT2D eigenvalue weighted by Gasteiger charge is 2.19. The van der Waals surface area contributed by atoms with Crippen molar-refractivity contribution < 1.29 is 19.8 Å². The number of carbonyl (C=O) groups is 2. The summed E-state index contributed by atoms with van der Waals surface area (Å²) in [5.41, 5.74) is 1.98. The zero-order chi connectivity index (χ0) is 14.4. The van der Waals surface area contributed by atoms with Gasteiger partial charge in [-0.1, -0.05) is 0 Å². The van der Waals surface area contributed by atoms with Gasteiger partial charge < -0.3 is 20.8 Å². The number of aryl methyl sites for hydroxylation is 2. The van der Waals surface area contributed by atoms with Gasteiger partial charge in [-0.05, 0) is 26.0 Å². The Morgan fingerprint density at radius 1 is 1.37 bits per heavy atom. The maximum absolute atomic E-state index is 11.6. The topological polar surface area (TPSA) is 112 Å². The van der Waals surface area contributed by atoms with Gasteiger partial charge in [0.05, 0.1) is 11.4 Å². The molecule has 1 atom stereocenters. The zero-order valence-corrected chi connectivity index (χ0v) is 10.8. The molecule has 0 saturated heterocycles. The van der Waals surface area contributed by atoms with E-state index in [2.05, 4.69) is 15.6 Å². The summed E-state index contributed by atoms with van der Waals surface area (Å²) in [4.78, 5) is 26.6. The number of hydrogen-bond donors (Lipinski definition) is 4. The van der Waals surface area contributed by atoms with Crippen molar-refractivity contribution in [3.05, 3.63) is 23.5 Å². The van der Waals surface area contributed by atoms with Crippen LogP contribution in [0.1, 0.15) is 17.8 Å². The molecule has 0 fully saturated rings. The lowest BCUT2D eigenvalue weighted by molar-refractivity contribution is -0.139. The van der Waals surface area contributed by atoms with E-state index in [9.17, 15) is 9.59 Å². The van der Waals surface area contributed by atoms with Crippen molar-refractivity contribution >= 4 is 17.7 Å². The lowest BCUT2D eigenvalue weighted by Gasteiger charge is -2.14. The number of hydrogen-bond acceptors (Lipinski definition) is 4. The molecule has 1 heterocycles. The molecular formula is C12H17N3O4. The molecule has 0 bridgehead atoms. The predicted molar refractivity (Wildman–Crippen MR) is 69.0 cm³/mol. The fourth-order valence-electron chi connectivity index (χ4n) is 1.52. The van der Waals surface area contributed by atoms with Gasteiger partial charge in [0.2, 0.25) is 0 Å². The van der Waals surface area contributed by atoms with Crippen LogP contribution in [0.15, 0.2) is 12.1 Å². The summed E-state index contributed by atoms with van der Waals surface area (Å²) in [6.07, 6.45) is -0.0477. The molecule has 2 amide bonds. The molecule has 19 heavy (non-hydrogen) atoms. The first-order valence-electron chi connectivity index (χ1n) is 5.79. The zero-order valence-electron chi connectivity index (χ0n) is 10.8. The van der Waals surface area contributed by atoms with Crippen molar-refractivity contribution in [1.82, 2.24) is 10.3 Å². The maximum atomic E-state index is 11.6. The second-order valence-electron chi connectivity index (χ2n) is 4.09. The Bertz CT molecular complexity index is 476. The number of urea groups is 1. The number of aliphatic hydroxyl groups excluding tert-OH is 1. The van der Waals surface area contributed by atoms with Gasteiger partial charge in [-0.3, -0.25) is 4.98 Å². The fourth-order valence-corrected chi connectivity index (χ4v) is 1.52. The summed E-state index contributed by atoms with van der Waals surface area (Å²) in [6.45, 7) is 3.26. The third-order valence-electron chi connectivity index (χ3n) is 2.49. The Hall–Kier alpha value is -2.15. The van der Waals surface area contributed by atoms with E-state index in [4.69, 9.17) is 10.2 Å². The number of aliphatic carboxylic acids is 1. The van der Waals surface area contributed by atoms with Gasteiger partial charge >= 0.3 is 12.0 Å². The first kappa shape index (κ1) is 14.9. The number of nitrogens with zero attached hydrogens (tertiary/aromatic N) is 1. The standard InChI is InChI=1S/C12H17N3O4/c1-7-3-4-9(8(2)13-7)14-12(19)15-10(5-6-16)11(17)18/h3-4,10,16H,5-6H2,1-2H3,(H,17,18)(H2,14,15,19)/t10-/m0/s1. The molecule has 4 N–H and O–H groups in total. The molecule has 0 aliphatic heterocycles. The number of amides is 2. The molecule has 7 heteroatoms. The van der Waals surface area contributed by atoms with Crippen molar-refractivity contribution in [3.8, 4) is 0 Å². The molecular weight excluding hydrogens is 250 g/mol. The van der Waals surface area contributed by atoms with Gasteiger partial charge in [0.15, 0.2) is 0 Å². The van der Waals surface area contributed by atoms with Crippen molar-refractivity contribution in [2.45, 2.75) is 26.3 Å². The summed E-state index contributed by atoms with van der Waals surface area (Å²) in [7, 11) is 0. The highest BCUT2D eigenvalue weighted by molar-refractivity contribution is 5.92. The number of carbonyl (C=O) groups excluding carboxylic acids is 1. The van der Waals surface area contributed by atoms with Crippen molar-refractivity contribution in [2.75, 3.05) is 11.9 Å². The average Bonchev–Trinajstić information content (AvgIpc) is 2.32. The van der Waals surface area contributed by atoms with Crippen LogP contribution in [0.5, 0.6) is 0 Å². The SMILES string of the molecule is Cc1ccc(NC(=O)N[C@@H](CCO)C(=O)O)c(C)n1. The quantitative estimate of drug-likeness (QED) is 0.626. The van der Waals surface area contributed by atoms with Crippen LogP contribution >= 0.6 is 0 Å². The summed E-state index contributed by atoms with van der Waals surface area (Å²) in [5.74, 6) is -1.19. The molecule has 0 aliphatic carbocycles. The molecule has 0 saturated carbocycles. The van der Waals surface area contributed by atoms with Crippen molar-refractivity contribution in [3.63, 3.8) is 0 Å².